The molecule has 2 bridgehead atoms. The summed E-state index contributed by atoms with van der Waals surface area (Å²) >= 11 is 0. The summed E-state index contributed by atoms with van der Waals surface area (Å²) in [6.07, 6.45) is 2.57. The molecule has 1 N–H and O–H groups in total. The Morgan fingerprint density at radius 2 is 2.05 bits per heavy atom. The number of hydrogen-bond acceptors (Lipinski definition) is 4. The maximum absolute atomic E-state index is 12.1. The highest BCUT2D eigenvalue weighted by atomic mass is 16.5. The Hall–Kier alpha value is -1.39. The van der Waals surface area contributed by atoms with E-state index in [0.717, 1.165) is 18.0 Å². The van der Waals surface area contributed by atoms with Crippen LogP contribution >= 0.6 is 0 Å². The lowest BCUT2D eigenvalue weighted by atomic mass is 9.83. The summed E-state index contributed by atoms with van der Waals surface area (Å²) in [4.78, 5) is 14.6. The second-order valence-electron chi connectivity index (χ2n) is 6.14. The lowest BCUT2D eigenvalue weighted by Crippen LogP contribution is -2.56. The number of carbonyl (C=O) groups is 1. The van der Waals surface area contributed by atoms with Crippen LogP contribution in [0.4, 0.5) is 0 Å². The zero-order chi connectivity index (χ0) is 14.7. The van der Waals surface area contributed by atoms with Gasteiger partial charge in [0.15, 0.2) is 0 Å². The number of ether oxygens (including phenoxy) is 1. The molecule has 1 aromatic carbocycles. The van der Waals surface area contributed by atoms with Crippen molar-refractivity contribution in [3.63, 3.8) is 0 Å². The SMILES string of the molecule is COC(=O)C(CNC1CN2CCC1CC2)c1ccccc1. The number of nitrogens with zero attached hydrogens (tertiary/aromatic N) is 1. The molecule has 2 unspecified atom stereocenters. The molecule has 0 radical (unpaired) electrons. The molecule has 0 saturated carbocycles. The van der Waals surface area contributed by atoms with Gasteiger partial charge in [0.1, 0.15) is 0 Å². The zero-order valence-electron chi connectivity index (χ0n) is 12.6. The van der Waals surface area contributed by atoms with Gasteiger partial charge < -0.3 is 15.0 Å². The van der Waals surface area contributed by atoms with E-state index >= 15 is 0 Å². The van der Waals surface area contributed by atoms with Crippen molar-refractivity contribution in [1.29, 1.82) is 0 Å². The summed E-state index contributed by atoms with van der Waals surface area (Å²) in [5.74, 6) is 0.394. The fourth-order valence-electron chi connectivity index (χ4n) is 3.63. The molecule has 114 valence electrons. The fraction of sp³-hybridized carbons (Fsp3) is 0.588. The lowest BCUT2D eigenvalue weighted by molar-refractivity contribution is -0.142. The molecule has 3 aliphatic heterocycles. The summed E-state index contributed by atoms with van der Waals surface area (Å²) in [6.45, 7) is 4.25. The van der Waals surface area contributed by atoms with Crippen molar-refractivity contribution in [3.8, 4) is 0 Å². The normalized spacial score (nSPS) is 29.1. The van der Waals surface area contributed by atoms with Gasteiger partial charge in [-0.15, -0.1) is 0 Å². The van der Waals surface area contributed by atoms with E-state index in [4.69, 9.17) is 4.74 Å². The molecule has 2 atom stereocenters. The maximum Gasteiger partial charge on any atom is 0.314 e. The Bertz CT molecular complexity index is 469. The average Bonchev–Trinajstić information content (AvgIpc) is 2.57. The van der Waals surface area contributed by atoms with Crippen molar-refractivity contribution in [2.75, 3.05) is 33.3 Å². The van der Waals surface area contributed by atoms with Crippen LogP contribution < -0.4 is 5.32 Å². The number of esters is 1. The minimum absolute atomic E-state index is 0.157. The highest BCUT2D eigenvalue weighted by molar-refractivity contribution is 5.78. The number of fused-ring (bicyclic) bond motifs is 3. The van der Waals surface area contributed by atoms with Crippen LogP contribution in [-0.2, 0) is 9.53 Å². The molecular weight excluding hydrogens is 264 g/mol. The van der Waals surface area contributed by atoms with E-state index in [-0.39, 0.29) is 11.9 Å². The number of benzene rings is 1. The van der Waals surface area contributed by atoms with Crippen LogP contribution in [0, 0.1) is 5.92 Å². The van der Waals surface area contributed by atoms with Gasteiger partial charge in [0, 0.05) is 19.1 Å². The lowest BCUT2D eigenvalue weighted by Gasteiger charge is -2.45. The first-order chi connectivity index (χ1) is 10.3. The van der Waals surface area contributed by atoms with Crippen molar-refractivity contribution in [2.24, 2.45) is 5.92 Å². The van der Waals surface area contributed by atoms with Gasteiger partial charge in [-0.25, -0.2) is 0 Å². The van der Waals surface area contributed by atoms with E-state index < -0.39 is 0 Å². The van der Waals surface area contributed by atoms with E-state index in [0.29, 0.717) is 12.6 Å². The van der Waals surface area contributed by atoms with Crippen molar-refractivity contribution < 1.29 is 9.53 Å². The van der Waals surface area contributed by atoms with E-state index in [1.807, 2.05) is 30.3 Å². The smallest absolute Gasteiger partial charge is 0.314 e. The standard InChI is InChI=1S/C17H24N2O2/c1-21-17(20)15(13-5-3-2-4-6-13)11-18-16-12-19-9-7-14(16)8-10-19/h2-6,14-16,18H,7-12H2,1H3. The molecule has 3 saturated heterocycles. The summed E-state index contributed by atoms with van der Waals surface area (Å²) in [6, 6.07) is 10.4. The Kier molecular flexibility index (Phi) is 4.56. The summed E-state index contributed by atoms with van der Waals surface area (Å²) in [7, 11) is 1.46. The monoisotopic (exact) mass is 288 g/mol. The number of methoxy groups -OCH3 is 1. The van der Waals surface area contributed by atoms with Crippen molar-refractivity contribution in [2.45, 2.75) is 24.8 Å². The Morgan fingerprint density at radius 1 is 1.33 bits per heavy atom. The quantitative estimate of drug-likeness (QED) is 0.836. The molecule has 0 spiro atoms. The summed E-state index contributed by atoms with van der Waals surface area (Å²) in [5, 5.41) is 3.62. The summed E-state index contributed by atoms with van der Waals surface area (Å²) in [5.41, 5.74) is 1.03. The van der Waals surface area contributed by atoms with Crippen molar-refractivity contribution >= 4 is 5.97 Å². The van der Waals surface area contributed by atoms with Gasteiger partial charge in [-0.1, -0.05) is 30.3 Å². The van der Waals surface area contributed by atoms with Gasteiger partial charge in [-0.3, -0.25) is 4.79 Å². The van der Waals surface area contributed by atoms with Gasteiger partial charge in [0.2, 0.25) is 0 Å². The van der Waals surface area contributed by atoms with Crippen LogP contribution in [0.3, 0.4) is 0 Å². The second kappa shape index (κ2) is 6.58. The molecule has 3 heterocycles. The van der Waals surface area contributed by atoms with Crippen LogP contribution in [0.25, 0.3) is 0 Å². The average molecular weight is 288 g/mol. The van der Waals surface area contributed by atoms with E-state index in [2.05, 4.69) is 10.2 Å². The third-order valence-electron chi connectivity index (χ3n) is 4.93. The van der Waals surface area contributed by atoms with Gasteiger partial charge in [-0.05, 0) is 37.4 Å². The predicted octanol–water partition coefficient (Wildman–Crippen LogP) is 1.63. The first kappa shape index (κ1) is 14.5. The van der Waals surface area contributed by atoms with Crippen LogP contribution in [0.1, 0.15) is 24.3 Å². The van der Waals surface area contributed by atoms with Crippen LogP contribution in [-0.4, -0.2) is 50.2 Å². The fourth-order valence-corrected chi connectivity index (χ4v) is 3.63. The van der Waals surface area contributed by atoms with E-state index in [1.165, 1.54) is 33.0 Å². The largest absolute Gasteiger partial charge is 0.469 e. The third-order valence-corrected chi connectivity index (χ3v) is 4.93. The van der Waals surface area contributed by atoms with E-state index in [1.54, 1.807) is 0 Å². The first-order valence-corrected chi connectivity index (χ1v) is 7.86. The minimum Gasteiger partial charge on any atom is -0.469 e. The Labute approximate surface area is 126 Å². The number of hydrogen-bond donors (Lipinski definition) is 1. The van der Waals surface area contributed by atoms with Gasteiger partial charge in [-0.2, -0.15) is 0 Å². The molecule has 4 nitrogen and oxygen atoms in total. The molecule has 3 aliphatic rings. The summed E-state index contributed by atoms with van der Waals surface area (Å²) < 4.78 is 4.98. The predicted molar refractivity (Wildman–Crippen MR) is 82.2 cm³/mol. The Morgan fingerprint density at radius 3 is 2.62 bits per heavy atom. The van der Waals surface area contributed by atoms with Crippen molar-refractivity contribution in [3.05, 3.63) is 35.9 Å². The molecule has 3 fully saturated rings. The second-order valence-corrected chi connectivity index (χ2v) is 6.14. The van der Waals surface area contributed by atoms with Crippen molar-refractivity contribution in [1.82, 2.24) is 10.2 Å². The molecule has 0 aliphatic carbocycles. The number of rotatable bonds is 5. The highest BCUT2D eigenvalue weighted by Crippen LogP contribution is 2.28. The van der Waals surface area contributed by atoms with Crippen LogP contribution in [0.5, 0.6) is 0 Å². The first-order valence-electron chi connectivity index (χ1n) is 7.86. The number of piperidine rings is 3. The number of carbonyl (C=O) groups excluding carboxylic acids is 1. The topological polar surface area (TPSA) is 41.6 Å². The molecule has 0 aromatic heterocycles. The zero-order valence-corrected chi connectivity index (χ0v) is 12.6. The maximum atomic E-state index is 12.1. The molecular formula is C17H24N2O2. The minimum atomic E-state index is -0.216. The molecule has 21 heavy (non-hydrogen) atoms. The molecule has 4 rings (SSSR count). The molecule has 4 heteroatoms. The Balaban J connectivity index is 1.64. The van der Waals surface area contributed by atoms with Gasteiger partial charge >= 0.3 is 5.97 Å². The van der Waals surface area contributed by atoms with Crippen LogP contribution in [0.15, 0.2) is 30.3 Å². The van der Waals surface area contributed by atoms with E-state index in [9.17, 15) is 4.79 Å². The van der Waals surface area contributed by atoms with Gasteiger partial charge in [0.05, 0.1) is 13.0 Å². The van der Waals surface area contributed by atoms with Gasteiger partial charge in [0.25, 0.3) is 0 Å². The molecule has 1 aromatic rings. The van der Waals surface area contributed by atoms with Crippen LogP contribution in [0.2, 0.25) is 0 Å². The highest BCUT2D eigenvalue weighted by Gasteiger charge is 2.34. The third kappa shape index (κ3) is 3.27. The number of nitrogens with one attached hydrogen (secondary N) is 1. The molecule has 0 amide bonds.